The van der Waals surface area contributed by atoms with Gasteiger partial charge in [0, 0.05) is 24.3 Å². The van der Waals surface area contributed by atoms with E-state index in [0.717, 1.165) is 34.8 Å². The summed E-state index contributed by atoms with van der Waals surface area (Å²) in [5.41, 5.74) is 1.24. The summed E-state index contributed by atoms with van der Waals surface area (Å²) in [5.74, 6) is 1.43. The second-order valence-electron chi connectivity index (χ2n) is 4.22. The summed E-state index contributed by atoms with van der Waals surface area (Å²) >= 11 is 9.31. The van der Waals surface area contributed by atoms with Gasteiger partial charge < -0.3 is 10.6 Å². The first-order chi connectivity index (χ1) is 9.69. The molecule has 4 nitrogen and oxygen atoms in total. The number of nitrogens with one attached hydrogen (secondary N) is 2. The molecule has 0 aliphatic heterocycles. The van der Waals surface area contributed by atoms with Gasteiger partial charge in [-0.15, -0.1) is 0 Å². The van der Waals surface area contributed by atoms with Crippen LogP contribution in [0.1, 0.15) is 12.5 Å². The zero-order valence-electron chi connectivity index (χ0n) is 11.2. The molecule has 2 N–H and O–H groups in total. The van der Waals surface area contributed by atoms with Gasteiger partial charge in [0.1, 0.15) is 5.82 Å². The molecule has 1 aromatic carbocycles. The van der Waals surface area contributed by atoms with Crippen molar-refractivity contribution < 1.29 is 0 Å². The lowest BCUT2D eigenvalue weighted by Gasteiger charge is -2.09. The fourth-order valence-corrected chi connectivity index (χ4v) is 2.17. The van der Waals surface area contributed by atoms with Crippen LogP contribution in [0, 0.1) is 0 Å². The zero-order valence-corrected chi connectivity index (χ0v) is 13.5. The summed E-state index contributed by atoms with van der Waals surface area (Å²) in [7, 11) is 0. The Morgan fingerprint density at radius 2 is 1.95 bits per heavy atom. The Bertz CT molecular complexity index is 560. The van der Waals surface area contributed by atoms with Crippen LogP contribution in [-0.4, -0.2) is 23.1 Å². The van der Waals surface area contributed by atoms with Crippen molar-refractivity contribution in [1.29, 1.82) is 0 Å². The van der Waals surface area contributed by atoms with Crippen molar-refractivity contribution >= 4 is 39.3 Å². The van der Waals surface area contributed by atoms with Gasteiger partial charge >= 0.3 is 0 Å². The molecular formula is C14H16BrClN4. The Morgan fingerprint density at radius 1 is 1.20 bits per heavy atom. The van der Waals surface area contributed by atoms with E-state index in [1.807, 2.05) is 31.2 Å². The number of rotatable bonds is 6. The van der Waals surface area contributed by atoms with Gasteiger partial charge in [-0.25, -0.2) is 4.98 Å². The van der Waals surface area contributed by atoms with Crippen LogP contribution in [0.25, 0.3) is 0 Å². The van der Waals surface area contributed by atoms with Crippen molar-refractivity contribution in [3.8, 4) is 0 Å². The first-order valence-corrected chi connectivity index (χ1v) is 7.61. The van der Waals surface area contributed by atoms with E-state index in [1.54, 1.807) is 6.20 Å². The largest absolute Gasteiger partial charge is 0.369 e. The molecule has 0 saturated carbocycles. The molecule has 0 radical (unpaired) electrons. The van der Waals surface area contributed by atoms with Crippen molar-refractivity contribution in [1.82, 2.24) is 9.97 Å². The first kappa shape index (κ1) is 15.1. The highest BCUT2D eigenvalue weighted by atomic mass is 79.9. The molecule has 0 aliphatic rings. The minimum Gasteiger partial charge on any atom is -0.369 e. The number of benzene rings is 1. The molecule has 2 rings (SSSR count). The summed E-state index contributed by atoms with van der Waals surface area (Å²) < 4.78 is 0.857. The van der Waals surface area contributed by atoms with E-state index in [-0.39, 0.29) is 0 Å². The average molecular weight is 356 g/mol. The van der Waals surface area contributed by atoms with Gasteiger partial charge in [-0.2, -0.15) is 4.98 Å². The van der Waals surface area contributed by atoms with E-state index in [2.05, 4.69) is 36.5 Å². The molecule has 0 aliphatic carbocycles. The highest BCUT2D eigenvalue weighted by molar-refractivity contribution is 9.10. The minimum absolute atomic E-state index is 0.629. The summed E-state index contributed by atoms with van der Waals surface area (Å²) in [6, 6.07) is 7.87. The van der Waals surface area contributed by atoms with E-state index in [1.165, 1.54) is 5.56 Å². The van der Waals surface area contributed by atoms with Gasteiger partial charge in [0.25, 0.3) is 0 Å². The highest BCUT2D eigenvalue weighted by Gasteiger charge is 2.04. The van der Waals surface area contributed by atoms with Crippen LogP contribution in [-0.2, 0) is 6.42 Å². The van der Waals surface area contributed by atoms with Crippen molar-refractivity contribution in [3.63, 3.8) is 0 Å². The second kappa shape index (κ2) is 7.45. The Morgan fingerprint density at radius 3 is 2.65 bits per heavy atom. The van der Waals surface area contributed by atoms with Crippen molar-refractivity contribution in [2.45, 2.75) is 13.3 Å². The number of aromatic nitrogens is 2. The fourth-order valence-electron chi connectivity index (χ4n) is 1.71. The second-order valence-corrected chi connectivity index (χ2v) is 5.51. The predicted octanol–water partition coefficient (Wildman–Crippen LogP) is 3.98. The minimum atomic E-state index is 0.629. The van der Waals surface area contributed by atoms with Crippen LogP contribution in [0.4, 0.5) is 11.8 Å². The van der Waals surface area contributed by atoms with Gasteiger partial charge in [-0.3, -0.25) is 0 Å². The molecular weight excluding hydrogens is 340 g/mol. The number of nitrogens with zero attached hydrogens (tertiary/aromatic N) is 2. The number of halogens is 2. The van der Waals surface area contributed by atoms with Gasteiger partial charge in [-0.05, 0) is 47.0 Å². The van der Waals surface area contributed by atoms with Crippen LogP contribution in [0.2, 0.25) is 5.02 Å². The van der Waals surface area contributed by atoms with Crippen molar-refractivity contribution in [2.75, 3.05) is 23.7 Å². The van der Waals surface area contributed by atoms with E-state index in [4.69, 9.17) is 11.6 Å². The molecule has 0 saturated heterocycles. The third-order valence-corrected chi connectivity index (χ3v) is 3.53. The first-order valence-electron chi connectivity index (χ1n) is 6.43. The Kier molecular flexibility index (Phi) is 5.61. The lowest BCUT2D eigenvalue weighted by atomic mass is 10.1. The smallest absolute Gasteiger partial charge is 0.224 e. The van der Waals surface area contributed by atoms with Crippen LogP contribution in [0.3, 0.4) is 0 Å². The van der Waals surface area contributed by atoms with E-state index < -0.39 is 0 Å². The maximum absolute atomic E-state index is 5.86. The fraction of sp³-hybridized carbons (Fsp3) is 0.286. The summed E-state index contributed by atoms with van der Waals surface area (Å²) in [6.07, 6.45) is 2.65. The molecule has 1 aromatic heterocycles. The SMILES string of the molecule is CCNc1ncc(Br)c(NCCc2ccc(Cl)cc2)n1. The van der Waals surface area contributed by atoms with Crippen LogP contribution in [0.15, 0.2) is 34.9 Å². The molecule has 2 aromatic rings. The lowest BCUT2D eigenvalue weighted by Crippen LogP contribution is -2.09. The van der Waals surface area contributed by atoms with Crippen LogP contribution >= 0.6 is 27.5 Å². The zero-order chi connectivity index (χ0) is 14.4. The highest BCUT2D eigenvalue weighted by Crippen LogP contribution is 2.20. The average Bonchev–Trinajstić information content (AvgIpc) is 2.45. The molecule has 106 valence electrons. The molecule has 0 unspecified atom stereocenters. The molecule has 6 heteroatoms. The van der Waals surface area contributed by atoms with E-state index in [9.17, 15) is 0 Å². The lowest BCUT2D eigenvalue weighted by molar-refractivity contribution is 0.991. The van der Waals surface area contributed by atoms with Gasteiger partial charge in [0.2, 0.25) is 5.95 Å². The maximum atomic E-state index is 5.86. The predicted molar refractivity (Wildman–Crippen MR) is 87.5 cm³/mol. The molecule has 0 fully saturated rings. The third-order valence-electron chi connectivity index (χ3n) is 2.70. The summed E-state index contributed by atoms with van der Waals surface area (Å²) in [6.45, 7) is 3.60. The monoisotopic (exact) mass is 354 g/mol. The number of anilines is 2. The van der Waals surface area contributed by atoms with E-state index >= 15 is 0 Å². The quantitative estimate of drug-likeness (QED) is 0.823. The third kappa shape index (κ3) is 4.35. The molecule has 1 heterocycles. The normalized spacial score (nSPS) is 10.3. The van der Waals surface area contributed by atoms with Crippen LogP contribution < -0.4 is 10.6 Å². The topological polar surface area (TPSA) is 49.8 Å². The van der Waals surface area contributed by atoms with Gasteiger partial charge in [0.15, 0.2) is 0 Å². The standard InChI is InChI=1S/C14H16BrClN4/c1-2-17-14-19-9-12(15)13(20-14)18-8-7-10-3-5-11(16)6-4-10/h3-6,9H,2,7-8H2,1H3,(H2,17,18,19,20). The molecule has 0 amide bonds. The van der Waals surface area contributed by atoms with Crippen molar-refractivity contribution in [2.24, 2.45) is 0 Å². The molecule has 0 spiro atoms. The molecule has 0 bridgehead atoms. The van der Waals surface area contributed by atoms with Crippen molar-refractivity contribution in [3.05, 3.63) is 45.5 Å². The Labute approximate surface area is 132 Å². The number of hydrogen-bond donors (Lipinski definition) is 2. The summed E-state index contributed by atoms with van der Waals surface area (Å²) in [5, 5.41) is 7.16. The maximum Gasteiger partial charge on any atom is 0.224 e. The molecule has 20 heavy (non-hydrogen) atoms. The van der Waals surface area contributed by atoms with Gasteiger partial charge in [-0.1, -0.05) is 23.7 Å². The Balaban J connectivity index is 1.93. The number of hydrogen-bond acceptors (Lipinski definition) is 4. The molecule has 0 atom stereocenters. The van der Waals surface area contributed by atoms with Gasteiger partial charge in [0.05, 0.1) is 4.47 Å². The Hall–Kier alpha value is -1.33. The van der Waals surface area contributed by atoms with Crippen LogP contribution in [0.5, 0.6) is 0 Å². The van der Waals surface area contributed by atoms with E-state index in [0.29, 0.717) is 5.95 Å². The summed E-state index contributed by atoms with van der Waals surface area (Å²) in [4.78, 5) is 8.59.